The van der Waals surface area contributed by atoms with Crippen molar-refractivity contribution in [2.24, 2.45) is 5.92 Å². The molecule has 2 rings (SSSR count). The fourth-order valence-electron chi connectivity index (χ4n) is 6.41. The van der Waals surface area contributed by atoms with E-state index in [1.54, 1.807) is 6.92 Å². The molecule has 0 fully saturated rings. The quantitative estimate of drug-likeness (QED) is 0.0256. The number of anilines is 1. The number of ether oxygens (including phenoxy) is 2. The van der Waals surface area contributed by atoms with Crippen molar-refractivity contribution in [3.05, 3.63) is 71.8 Å². The van der Waals surface area contributed by atoms with Crippen LogP contribution in [0.15, 0.2) is 54.6 Å². The van der Waals surface area contributed by atoms with Crippen LogP contribution in [0, 0.1) is 17.6 Å². The first-order valence-electron chi connectivity index (χ1n) is 18.9. The second-order valence-electron chi connectivity index (χ2n) is 15.3. The largest absolute Gasteiger partial charge is 0.491 e. The Morgan fingerprint density at radius 2 is 1.20 bits per heavy atom. The minimum Gasteiger partial charge on any atom is -0.491 e. The number of allylic oxidation sites excluding steroid dienone is 1. The summed E-state index contributed by atoms with van der Waals surface area (Å²) < 4.78 is 280. The van der Waals surface area contributed by atoms with E-state index in [0.717, 1.165) is 18.2 Å². The second-order valence-corrected chi connectivity index (χ2v) is 20.4. The van der Waals surface area contributed by atoms with E-state index in [4.69, 9.17) is 19.1 Å². The SMILES string of the molecule is CC(C)[Si](CCC(F)(F)C(F)(F)C(F)(F)C(F)(F)C(F)(F)C(F)(F)C(F)(F)C(F)(F)F)(OCCOc1ccc([C@@H](OC(=O)Nc2ccc(F)cc2F)[C@H](C)C/C=C/C(=O)NO)cc1)C(C)C. The molecule has 2 atom stereocenters. The van der Waals surface area contributed by atoms with Crippen LogP contribution in [0.3, 0.4) is 0 Å². The van der Waals surface area contributed by atoms with Crippen LogP contribution in [0.2, 0.25) is 17.1 Å². The highest BCUT2D eigenvalue weighted by Crippen LogP contribution is 2.64. The molecule has 0 saturated heterocycles. The molecular weight excluding hydrogens is 969 g/mol. The summed E-state index contributed by atoms with van der Waals surface area (Å²) in [5, 5.41) is 10.8. The van der Waals surface area contributed by atoms with Gasteiger partial charge in [-0.25, -0.2) is 19.1 Å². The molecule has 0 aliphatic rings. The van der Waals surface area contributed by atoms with Gasteiger partial charge in [0.25, 0.3) is 5.91 Å². The number of carbonyl (C=O) groups is 2. The summed E-state index contributed by atoms with van der Waals surface area (Å²) in [5.74, 6) is -60.6. The zero-order chi connectivity index (χ0) is 51.3. The Balaban J connectivity index is 2.30. The number of benzene rings is 2. The first kappa shape index (κ1) is 57.7. The minimum atomic E-state index is -8.72. The molecule has 0 aliphatic carbocycles. The molecule has 66 heavy (non-hydrogen) atoms. The molecule has 0 saturated carbocycles. The molecule has 2 aromatic carbocycles. The van der Waals surface area contributed by atoms with Gasteiger partial charge in [0.15, 0.2) is 8.32 Å². The number of hydrogen-bond acceptors (Lipinski definition) is 6. The maximum Gasteiger partial charge on any atom is 0.460 e. The highest BCUT2D eigenvalue weighted by atomic mass is 28.4. The van der Waals surface area contributed by atoms with Crippen LogP contribution in [-0.4, -0.2) is 86.4 Å². The van der Waals surface area contributed by atoms with Crippen LogP contribution in [0.5, 0.6) is 5.75 Å². The van der Waals surface area contributed by atoms with Crippen LogP contribution < -0.4 is 15.5 Å². The number of rotatable bonds is 23. The molecule has 2 aromatic rings. The van der Waals surface area contributed by atoms with Gasteiger partial charge in [0, 0.05) is 24.5 Å². The zero-order valence-electron chi connectivity index (χ0n) is 34.7. The molecule has 0 radical (unpaired) electrons. The predicted molar refractivity (Wildman–Crippen MR) is 196 cm³/mol. The van der Waals surface area contributed by atoms with Crippen LogP contribution in [0.25, 0.3) is 0 Å². The third-order valence-electron chi connectivity index (χ3n) is 10.3. The summed E-state index contributed by atoms with van der Waals surface area (Å²) in [7, 11) is -4.06. The highest BCUT2D eigenvalue weighted by molar-refractivity contribution is 6.76. The summed E-state index contributed by atoms with van der Waals surface area (Å²) in [6.07, 6.45) is -10.5. The van der Waals surface area contributed by atoms with Crippen molar-refractivity contribution >= 4 is 26.0 Å². The first-order valence-corrected chi connectivity index (χ1v) is 21.2. The number of alkyl halides is 17. The van der Waals surface area contributed by atoms with Gasteiger partial charge in [-0.2, -0.15) is 74.6 Å². The number of halogens is 19. The molecule has 28 heteroatoms. The molecule has 0 aromatic heterocycles. The van der Waals surface area contributed by atoms with Gasteiger partial charge in [-0.1, -0.05) is 52.8 Å². The molecule has 0 heterocycles. The molecule has 0 aliphatic heterocycles. The molecule has 3 N–H and O–H groups in total. The summed E-state index contributed by atoms with van der Waals surface area (Å²) >= 11 is 0. The van der Waals surface area contributed by atoms with Gasteiger partial charge in [0.05, 0.1) is 12.3 Å². The molecule has 0 unspecified atom stereocenters. The molecule has 2 amide bonds. The normalized spacial score (nSPS) is 15.0. The Morgan fingerprint density at radius 1 is 0.697 bits per heavy atom. The van der Waals surface area contributed by atoms with Gasteiger partial charge in [0.1, 0.15) is 30.1 Å². The van der Waals surface area contributed by atoms with Crippen molar-refractivity contribution in [3.8, 4) is 5.75 Å². The third kappa shape index (κ3) is 11.6. The number of carbonyl (C=O) groups excluding carboxylic acids is 2. The van der Waals surface area contributed by atoms with Crippen LogP contribution in [0.4, 0.5) is 93.9 Å². The van der Waals surface area contributed by atoms with Crippen molar-refractivity contribution in [1.29, 1.82) is 0 Å². The fourth-order valence-corrected chi connectivity index (χ4v) is 10.9. The number of hydroxylamine groups is 1. The van der Waals surface area contributed by atoms with E-state index in [-0.39, 0.29) is 17.7 Å². The lowest BCUT2D eigenvalue weighted by Gasteiger charge is -2.44. The van der Waals surface area contributed by atoms with Crippen molar-refractivity contribution in [2.45, 2.75) is 118 Å². The zero-order valence-corrected chi connectivity index (χ0v) is 35.7. The van der Waals surface area contributed by atoms with E-state index in [2.05, 4.69) is 5.32 Å². The van der Waals surface area contributed by atoms with Crippen LogP contribution >= 0.6 is 0 Å². The van der Waals surface area contributed by atoms with Gasteiger partial charge < -0.3 is 13.9 Å². The monoisotopic (exact) mass is 1010 g/mol. The van der Waals surface area contributed by atoms with Gasteiger partial charge in [-0.3, -0.25) is 15.3 Å². The average Bonchev–Trinajstić information content (AvgIpc) is 3.19. The van der Waals surface area contributed by atoms with Crippen LogP contribution in [0.1, 0.15) is 59.1 Å². The van der Waals surface area contributed by atoms with Crippen molar-refractivity contribution in [1.82, 2.24) is 5.48 Å². The summed E-state index contributed by atoms with van der Waals surface area (Å²) in [5.41, 5.74) is -0.695. The molecule has 0 bridgehead atoms. The summed E-state index contributed by atoms with van der Waals surface area (Å²) in [6, 6.07) is 6.18. The first-order chi connectivity index (χ1) is 29.8. The van der Waals surface area contributed by atoms with Gasteiger partial charge in [0.2, 0.25) is 0 Å². The predicted octanol–water partition coefficient (Wildman–Crippen LogP) is 12.9. The van der Waals surface area contributed by atoms with Gasteiger partial charge in [-0.15, -0.1) is 0 Å². The summed E-state index contributed by atoms with van der Waals surface area (Å²) in [4.78, 5) is 24.1. The van der Waals surface area contributed by atoms with Gasteiger partial charge >= 0.3 is 53.7 Å². The molecule has 0 spiro atoms. The fraction of sp³-hybridized carbons (Fsp3) is 0.579. The number of hydrogen-bond donors (Lipinski definition) is 3. The van der Waals surface area contributed by atoms with E-state index in [9.17, 15) is 93.0 Å². The minimum absolute atomic E-state index is 0.0252. The van der Waals surface area contributed by atoms with E-state index in [1.807, 2.05) is 0 Å². The Bertz CT molecular complexity index is 1970. The Hall–Kier alpha value is -4.47. The Kier molecular flexibility index (Phi) is 18.2. The lowest BCUT2D eigenvalue weighted by Crippen LogP contribution is -2.74. The van der Waals surface area contributed by atoms with Crippen molar-refractivity contribution in [2.75, 3.05) is 18.5 Å². The Labute approximate surface area is 363 Å². The van der Waals surface area contributed by atoms with Crippen molar-refractivity contribution in [3.63, 3.8) is 0 Å². The topological polar surface area (TPSA) is 106 Å². The molecular formula is C38H41F19N2O6Si. The number of amides is 2. The van der Waals surface area contributed by atoms with E-state index in [1.165, 1.54) is 63.5 Å². The van der Waals surface area contributed by atoms with Gasteiger partial charge in [-0.05, 0) is 53.4 Å². The highest BCUT2D eigenvalue weighted by Gasteiger charge is 2.95. The number of nitrogens with one attached hydrogen (secondary N) is 2. The van der Waals surface area contributed by atoms with Crippen molar-refractivity contribution < 1.29 is 112 Å². The average molecular weight is 1010 g/mol. The Morgan fingerprint density at radius 3 is 1.67 bits per heavy atom. The van der Waals surface area contributed by atoms with E-state index >= 15 is 0 Å². The smallest absolute Gasteiger partial charge is 0.460 e. The molecule has 376 valence electrons. The second kappa shape index (κ2) is 20.8. The lowest BCUT2D eigenvalue weighted by molar-refractivity contribution is -0.461. The van der Waals surface area contributed by atoms with E-state index in [0.29, 0.717) is 6.07 Å². The third-order valence-corrected chi connectivity index (χ3v) is 16.0. The summed E-state index contributed by atoms with van der Waals surface area (Å²) in [6.45, 7) is 5.59. The molecule has 8 nitrogen and oxygen atoms in total. The van der Waals surface area contributed by atoms with Crippen LogP contribution in [-0.2, 0) is 14.0 Å². The maximum absolute atomic E-state index is 15.0. The van der Waals surface area contributed by atoms with E-state index < -0.39 is 134 Å². The maximum atomic E-state index is 15.0. The lowest BCUT2D eigenvalue weighted by atomic mass is 9.88. The standard InChI is InChI=1S/C38H41F19N2O6Si/c1-20(2)66(21(3)4,18-15-31(41,42)32(43,44)33(45,46)34(47,48)35(49,50)36(51,52)37(53,54)38(55,56)57)64-17-16-63-25-12-9-23(10-13-25)29(22(5)7-6-8-28(60)59-62)65-30(61)58-27-14-11-24(39)19-26(27)40/h6,8-14,19-22,29,62H,7,15-18H2,1-5H3,(H,58,61)(H,59,60)/b8-6+/t22-,29+/m1/s1.